The number of rotatable bonds is 0. The first-order valence-electron chi connectivity index (χ1n) is 0.655. The van der Waals surface area contributed by atoms with Gasteiger partial charge in [0.05, 0.1) is 0 Å². The van der Waals surface area contributed by atoms with Gasteiger partial charge in [0.2, 0.25) is 0 Å². The van der Waals surface area contributed by atoms with Crippen LogP contribution in [0.15, 0.2) is 0 Å². The zero-order valence-electron chi connectivity index (χ0n) is 2.42. The molecule has 0 aliphatic rings. The van der Waals surface area contributed by atoms with Crippen LogP contribution in [0.1, 0.15) is 0 Å². The van der Waals surface area contributed by atoms with Crippen molar-refractivity contribution in [2.24, 2.45) is 0 Å². The van der Waals surface area contributed by atoms with Crippen LogP contribution in [0.25, 0.3) is 0 Å². The summed E-state index contributed by atoms with van der Waals surface area (Å²) in [7, 11) is 0. The molecule has 5 heteroatoms. The first kappa shape index (κ1) is 9.04. The molecule has 0 aromatic heterocycles. The van der Waals surface area contributed by atoms with Crippen molar-refractivity contribution in [2.45, 2.75) is 0 Å². The Labute approximate surface area is 34.6 Å². The molecule has 3 N–H and O–H groups in total. The molecular weight excluding hydrogens is 141 g/mol. The topological polar surface area (TPSA) is 35.0 Å². The van der Waals surface area contributed by atoms with Gasteiger partial charge in [-0.05, 0) is 0 Å². The average molecular weight is 144 g/mol. The molecule has 0 aromatic carbocycles. The molecule has 0 aromatic rings. The quantitative estimate of drug-likeness (QED) is 0.506. The predicted octanol–water partition coefficient (Wildman–Crippen LogP) is 1.04. The normalized spacial score (nSPS) is 5.40. The number of hydrogen-bond acceptors (Lipinski definition) is 1. The Kier molecular flexibility index (Phi) is 7.93. The zero-order chi connectivity index (χ0) is 3.58. The van der Waals surface area contributed by atoms with Crippen molar-refractivity contribution in [3.8, 4) is 0 Å². The molecule has 0 fully saturated rings. The average Bonchev–Trinajstić information content (AvgIpc) is 0.811. The third-order valence-corrected chi connectivity index (χ3v) is 0. The monoisotopic (exact) mass is 143 g/mol. The van der Waals surface area contributed by atoms with E-state index >= 15 is 0 Å². The molecule has 0 aliphatic carbocycles. The Morgan fingerprint density at radius 1 is 1.00 bits per heavy atom. The third kappa shape index (κ3) is 167. The van der Waals surface area contributed by atoms with E-state index in [0.29, 0.717) is 0 Å². The third-order valence-electron chi connectivity index (χ3n) is 0. The van der Waals surface area contributed by atoms with Crippen molar-refractivity contribution in [1.29, 1.82) is 0 Å². The van der Waals surface area contributed by atoms with E-state index in [4.69, 9.17) is 0 Å². The van der Waals surface area contributed by atoms with Crippen LogP contribution in [-0.4, -0.2) is 17.7 Å². The Balaban J connectivity index is 0. The maximum atomic E-state index is 9.85. The molecule has 0 rings (SSSR count). The molecule has 0 saturated carbocycles. The molecule has 0 amide bonds. The van der Waals surface area contributed by atoms with Gasteiger partial charge >= 0.3 is 27.6 Å². The van der Waals surface area contributed by atoms with Crippen LogP contribution in [0.5, 0.6) is 0 Å². The van der Waals surface area contributed by atoms with Gasteiger partial charge in [-0.1, -0.05) is 0 Å². The molecule has 1 nitrogen and oxygen atoms in total. The molecule has 32 valence electrons. The summed E-state index contributed by atoms with van der Waals surface area (Å²) in [6.07, 6.45) is 0. The molecule has 0 heterocycles. The fraction of sp³-hybridized carbons (Fsp3) is 0. The fourth-order valence-electron chi connectivity index (χ4n) is 0. The van der Waals surface area contributed by atoms with Crippen LogP contribution in [-0.2, 0) is 0 Å². The van der Waals surface area contributed by atoms with E-state index in [1.54, 1.807) is 0 Å². The summed E-state index contributed by atoms with van der Waals surface area (Å²) < 4.78 is 29.6. The second kappa shape index (κ2) is 4.39. The summed E-state index contributed by atoms with van der Waals surface area (Å²) in [5.41, 5.74) is 0. The summed E-state index contributed by atoms with van der Waals surface area (Å²) >= 11 is -4.98. The van der Waals surface area contributed by atoms with E-state index in [1.165, 1.54) is 0 Å². The van der Waals surface area contributed by atoms with Gasteiger partial charge in [-0.2, -0.15) is 0 Å². The Hall–Kier alpha value is 0.386. The van der Waals surface area contributed by atoms with E-state index in [0.717, 1.165) is 0 Å². The van der Waals surface area contributed by atoms with Gasteiger partial charge in [0.1, 0.15) is 0 Å². The van der Waals surface area contributed by atoms with Crippen LogP contribution in [0.3, 0.4) is 0 Å². The van der Waals surface area contributed by atoms with Crippen LogP contribution in [0.4, 0.5) is 9.86 Å². The summed E-state index contributed by atoms with van der Waals surface area (Å²) in [5, 5.41) is 0. The van der Waals surface area contributed by atoms with Crippen molar-refractivity contribution in [3.05, 3.63) is 0 Å². The molecule has 0 unspecified atom stereocenters. The van der Waals surface area contributed by atoms with E-state index in [1.807, 2.05) is 0 Å². The zero-order valence-corrected chi connectivity index (χ0v) is 4.84. The van der Waals surface area contributed by atoms with Crippen molar-refractivity contribution in [2.75, 3.05) is 0 Å². The Bertz CT molecular complexity index is 11.6. The van der Waals surface area contributed by atoms with E-state index < -0.39 is 17.7 Å². The van der Waals surface area contributed by atoms with E-state index in [2.05, 4.69) is 0 Å². The minimum atomic E-state index is -4.98. The minimum absolute atomic E-state index is 0. The van der Waals surface area contributed by atoms with Crippen LogP contribution >= 0.6 is 0 Å². The predicted molar refractivity (Wildman–Crippen MR) is 14.1 cm³/mol. The maximum absolute atomic E-state index is 9.85. The number of halogens is 3. The van der Waals surface area contributed by atoms with E-state index in [9.17, 15) is 9.86 Å². The van der Waals surface area contributed by atoms with Gasteiger partial charge < -0.3 is 6.15 Å². The first-order chi connectivity index (χ1) is 1.73. The standard InChI is InChI=1S/3FH.Ga.H3N/h3*1H;;1H3/q;;;+3;/p-3. The van der Waals surface area contributed by atoms with Crippen molar-refractivity contribution < 1.29 is 9.86 Å². The van der Waals surface area contributed by atoms with Crippen LogP contribution in [0.2, 0.25) is 0 Å². The summed E-state index contributed by atoms with van der Waals surface area (Å²) in [5.74, 6) is 0. The SMILES string of the molecule is N.[F][Ga]([F])[F]. The van der Waals surface area contributed by atoms with Crippen molar-refractivity contribution in [1.82, 2.24) is 6.15 Å². The van der Waals surface area contributed by atoms with Crippen LogP contribution in [0, 0.1) is 0 Å². The number of hydrogen-bond donors (Lipinski definition) is 1. The molecule has 0 radical (unpaired) electrons. The van der Waals surface area contributed by atoms with Crippen molar-refractivity contribution in [3.63, 3.8) is 0 Å². The summed E-state index contributed by atoms with van der Waals surface area (Å²) in [6, 6.07) is 0. The van der Waals surface area contributed by atoms with Gasteiger partial charge in [-0.15, -0.1) is 0 Å². The molecule has 0 atom stereocenters. The summed E-state index contributed by atoms with van der Waals surface area (Å²) in [6.45, 7) is 0. The second-order valence-corrected chi connectivity index (χ2v) is 1.29. The van der Waals surface area contributed by atoms with Gasteiger partial charge in [-0.3, -0.25) is 0 Å². The fourth-order valence-corrected chi connectivity index (χ4v) is 0. The molecule has 0 saturated heterocycles. The molecule has 0 spiro atoms. The van der Waals surface area contributed by atoms with Gasteiger partial charge in [0, 0.05) is 0 Å². The Morgan fingerprint density at radius 2 is 1.00 bits per heavy atom. The van der Waals surface area contributed by atoms with Gasteiger partial charge in [0.15, 0.2) is 0 Å². The van der Waals surface area contributed by atoms with Crippen LogP contribution < -0.4 is 6.15 Å². The molecule has 0 bridgehead atoms. The van der Waals surface area contributed by atoms with E-state index in [-0.39, 0.29) is 6.15 Å². The first-order valence-corrected chi connectivity index (χ1v) is 3.40. The Morgan fingerprint density at radius 3 is 1.00 bits per heavy atom. The molecule has 5 heavy (non-hydrogen) atoms. The molecule has 0 aliphatic heterocycles. The van der Waals surface area contributed by atoms with Gasteiger partial charge in [0.25, 0.3) is 0 Å². The molecular formula is H3F3GaN. The van der Waals surface area contributed by atoms with Gasteiger partial charge in [-0.25, -0.2) is 0 Å². The second-order valence-electron chi connectivity index (χ2n) is 0.247. The van der Waals surface area contributed by atoms with Crippen molar-refractivity contribution >= 4 is 17.7 Å². The summed E-state index contributed by atoms with van der Waals surface area (Å²) in [4.78, 5) is 0.